The lowest BCUT2D eigenvalue weighted by Gasteiger charge is -2.21. The van der Waals surface area contributed by atoms with E-state index in [9.17, 15) is 9.18 Å². The van der Waals surface area contributed by atoms with Crippen molar-refractivity contribution in [1.29, 1.82) is 0 Å². The van der Waals surface area contributed by atoms with E-state index in [4.69, 9.17) is 0 Å². The lowest BCUT2D eigenvalue weighted by molar-refractivity contribution is 0.0946. The maximum absolute atomic E-state index is 13.1. The van der Waals surface area contributed by atoms with Crippen LogP contribution < -0.4 is 5.32 Å². The Morgan fingerprint density at radius 1 is 1.24 bits per heavy atom. The number of carbonyl (C=O) groups is 1. The summed E-state index contributed by atoms with van der Waals surface area (Å²) in [6.45, 7) is 0.716. The molecule has 0 unspecified atom stereocenters. The summed E-state index contributed by atoms with van der Waals surface area (Å²) in [6.07, 6.45) is 7.65. The van der Waals surface area contributed by atoms with Gasteiger partial charge in [0.05, 0.1) is 0 Å². The van der Waals surface area contributed by atoms with Gasteiger partial charge in [0.1, 0.15) is 11.5 Å². The monoisotopic (exact) mass is 288 g/mol. The first-order valence-electron chi connectivity index (χ1n) is 7.79. The Morgan fingerprint density at radius 2 is 2.05 bits per heavy atom. The maximum Gasteiger partial charge on any atom is 0.267 e. The van der Waals surface area contributed by atoms with E-state index in [0.717, 1.165) is 23.2 Å². The van der Waals surface area contributed by atoms with E-state index in [1.54, 1.807) is 12.1 Å². The molecule has 1 amide bonds. The third-order valence-electron chi connectivity index (χ3n) is 4.39. The average molecular weight is 288 g/mol. The third-order valence-corrected chi connectivity index (χ3v) is 4.39. The molecule has 1 aromatic carbocycles. The summed E-state index contributed by atoms with van der Waals surface area (Å²) in [5.74, 6) is 0.365. The SMILES string of the molecule is O=C(NCCC1CCCCC1)c1cc2cc(F)ccc2[nH]1. The van der Waals surface area contributed by atoms with Crippen LogP contribution in [0.15, 0.2) is 24.3 Å². The van der Waals surface area contributed by atoms with Crippen molar-refractivity contribution in [3.8, 4) is 0 Å². The van der Waals surface area contributed by atoms with Gasteiger partial charge in [0.25, 0.3) is 5.91 Å². The van der Waals surface area contributed by atoms with Gasteiger partial charge in [0.2, 0.25) is 0 Å². The van der Waals surface area contributed by atoms with Crippen LogP contribution in [0.4, 0.5) is 4.39 Å². The topological polar surface area (TPSA) is 44.9 Å². The minimum Gasteiger partial charge on any atom is -0.351 e. The highest BCUT2D eigenvalue weighted by Gasteiger charge is 2.14. The minimum absolute atomic E-state index is 0.109. The van der Waals surface area contributed by atoms with Crippen LogP contribution in [0.2, 0.25) is 0 Å². The highest BCUT2D eigenvalue weighted by molar-refractivity contribution is 5.97. The predicted octanol–water partition coefficient (Wildman–Crippen LogP) is 4.01. The second-order valence-corrected chi connectivity index (χ2v) is 5.96. The number of nitrogens with one attached hydrogen (secondary N) is 2. The molecular weight excluding hydrogens is 267 g/mol. The Balaban J connectivity index is 1.56. The van der Waals surface area contributed by atoms with Crippen LogP contribution in [-0.4, -0.2) is 17.4 Å². The van der Waals surface area contributed by atoms with Gasteiger partial charge in [-0.1, -0.05) is 32.1 Å². The number of hydrogen-bond acceptors (Lipinski definition) is 1. The van der Waals surface area contributed by atoms with Crippen LogP contribution in [0.5, 0.6) is 0 Å². The highest BCUT2D eigenvalue weighted by atomic mass is 19.1. The van der Waals surface area contributed by atoms with Gasteiger partial charge in [-0.2, -0.15) is 0 Å². The first-order valence-corrected chi connectivity index (χ1v) is 7.79. The molecule has 4 heteroatoms. The molecule has 1 heterocycles. The fraction of sp³-hybridized carbons (Fsp3) is 0.471. The van der Waals surface area contributed by atoms with Gasteiger partial charge in [-0.05, 0) is 36.6 Å². The maximum atomic E-state index is 13.1. The second kappa shape index (κ2) is 6.29. The van der Waals surface area contributed by atoms with Crippen molar-refractivity contribution in [2.75, 3.05) is 6.54 Å². The molecule has 1 fully saturated rings. The zero-order valence-corrected chi connectivity index (χ0v) is 12.1. The Kier molecular flexibility index (Phi) is 4.23. The highest BCUT2D eigenvalue weighted by Crippen LogP contribution is 2.25. The van der Waals surface area contributed by atoms with Crippen molar-refractivity contribution < 1.29 is 9.18 Å². The lowest BCUT2D eigenvalue weighted by Crippen LogP contribution is -2.26. The summed E-state index contributed by atoms with van der Waals surface area (Å²) < 4.78 is 13.1. The summed E-state index contributed by atoms with van der Waals surface area (Å²) in [6, 6.07) is 6.19. The van der Waals surface area contributed by atoms with Crippen molar-refractivity contribution in [2.45, 2.75) is 38.5 Å². The summed E-state index contributed by atoms with van der Waals surface area (Å²) in [5.41, 5.74) is 1.29. The van der Waals surface area contributed by atoms with Gasteiger partial charge < -0.3 is 10.3 Å². The molecule has 0 radical (unpaired) electrons. The molecule has 1 aliphatic rings. The number of rotatable bonds is 4. The van der Waals surface area contributed by atoms with Crippen LogP contribution in [0.3, 0.4) is 0 Å². The Morgan fingerprint density at radius 3 is 2.86 bits per heavy atom. The van der Waals surface area contributed by atoms with E-state index in [1.807, 2.05) is 0 Å². The van der Waals surface area contributed by atoms with E-state index >= 15 is 0 Å². The van der Waals surface area contributed by atoms with E-state index in [1.165, 1.54) is 44.2 Å². The standard InChI is InChI=1S/C17H21FN2O/c18-14-6-7-15-13(10-14)11-16(20-15)17(21)19-9-8-12-4-2-1-3-5-12/h6-7,10-12,20H,1-5,8-9H2,(H,19,21). The van der Waals surface area contributed by atoms with Crippen LogP contribution in [0.25, 0.3) is 10.9 Å². The number of H-pyrrole nitrogens is 1. The van der Waals surface area contributed by atoms with E-state index in [0.29, 0.717) is 12.2 Å². The van der Waals surface area contributed by atoms with Gasteiger partial charge >= 0.3 is 0 Å². The zero-order valence-electron chi connectivity index (χ0n) is 12.1. The molecule has 1 saturated carbocycles. The first-order chi connectivity index (χ1) is 10.2. The molecule has 0 atom stereocenters. The number of aromatic nitrogens is 1. The molecule has 2 aromatic rings. The quantitative estimate of drug-likeness (QED) is 0.877. The van der Waals surface area contributed by atoms with Crippen molar-refractivity contribution in [3.63, 3.8) is 0 Å². The number of hydrogen-bond donors (Lipinski definition) is 2. The van der Waals surface area contributed by atoms with Crippen molar-refractivity contribution in [2.24, 2.45) is 5.92 Å². The Bertz CT molecular complexity index is 629. The molecule has 0 saturated heterocycles. The number of amides is 1. The molecule has 3 rings (SSSR count). The third kappa shape index (κ3) is 3.43. The van der Waals surface area contributed by atoms with Crippen molar-refractivity contribution >= 4 is 16.8 Å². The molecule has 2 N–H and O–H groups in total. The number of benzene rings is 1. The molecule has 0 spiro atoms. The van der Waals surface area contributed by atoms with E-state index < -0.39 is 0 Å². The molecule has 0 bridgehead atoms. The van der Waals surface area contributed by atoms with Gasteiger partial charge in [-0.15, -0.1) is 0 Å². The largest absolute Gasteiger partial charge is 0.351 e. The predicted molar refractivity (Wildman–Crippen MR) is 81.8 cm³/mol. The smallest absolute Gasteiger partial charge is 0.267 e. The molecular formula is C17H21FN2O. The number of fused-ring (bicyclic) bond motifs is 1. The minimum atomic E-state index is -0.286. The summed E-state index contributed by atoms with van der Waals surface area (Å²) >= 11 is 0. The first kappa shape index (κ1) is 14.1. The van der Waals surface area contributed by atoms with Crippen LogP contribution >= 0.6 is 0 Å². The fourth-order valence-electron chi connectivity index (χ4n) is 3.19. The van der Waals surface area contributed by atoms with Gasteiger partial charge in [-0.3, -0.25) is 4.79 Å². The van der Waals surface area contributed by atoms with Gasteiger partial charge in [0.15, 0.2) is 0 Å². The van der Waals surface area contributed by atoms with Crippen LogP contribution in [0.1, 0.15) is 49.0 Å². The average Bonchev–Trinajstić information content (AvgIpc) is 2.91. The molecule has 1 aliphatic carbocycles. The Labute approximate surface area is 123 Å². The van der Waals surface area contributed by atoms with Crippen molar-refractivity contribution in [3.05, 3.63) is 35.8 Å². The molecule has 1 aromatic heterocycles. The van der Waals surface area contributed by atoms with Gasteiger partial charge in [-0.25, -0.2) is 4.39 Å². The van der Waals surface area contributed by atoms with E-state index in [-0.39, 0.29) is 11.7 Å². The number of halogens is 1. The van der Waals surface area contributed by atoms with Crippen molar-refractivity contribution in [1.82, 2.24) is 10.3 Å². The lowest BCUT2D eigenvalue weighted by atomic mass is 9.87. The van der Waals surface area contributed by atoms with Crippen LogP contribution in [0, 0.1) is 11.7 Å². The molecule has 112 valence electrons. The summed E-state index contributed by atoms with van der Waals surface area (Å²) in [7, 11) is 0. The fourth-order valence-corrected chi connectivity index (χ4v) is 3.19. The summed E-state index contributed by atoms with van der Waals surface area (Å²) in [4.78, 5) is 15.1. The second-order valence-electron chi connectivity index (χ2n) is 5.96. The number of aromatic amines is 1. The van der Waals surface area contributed by atoms with Gasteiger partial charge in [0, 0.05) is 17.4 Å². The zero-order chi connectivity index (χ0) is 14.7. The summed E-state index contributed by atoms with van der Waals surface area (Å²) in [5, 5.41) is 3.69. The Hall–Kier alpha value is -1.84. The van der Waals surface area contributed by atoms with Crippen LogP contribution in [-0.2, 0) is 0 Å². The normalized spacial score (nSPS) is 16.2. The molecule has 21 heavy (non-hydrogen) atoms. The molecule has 0 aliphatic heterocycles. The molecule has 3 nitrogen and oxygen atoms in total. The van der Waals surface area contributed by atoms with E-state index in [2.05, 4.69) is 10.3 Å². The number of carbonyl (C=O) groups excluding carboxylic acids is 1.